The zero-order valence-electron chi connectivity index (χ0n) is 22.0. The van der Waals surface area contributed by atoms with Crippen molar-refractivity contribution in [3.8, 4) is 5.75 Å². The summed E-state index contributed by atoms with van der Waals surface area (Å²) in [4.78, 5) is 27.9. The summed E-state index contributed by atoms with van der Waals surface area (Å²) in [5.74, 6) is 0.0977. The molecule has 8 nitrogen and oxygen atoms in total. The standard InChI is InChI=1S/C30H33N3O5S/c1-22-30(35)33(20-8-11-23-9-4-2-5-10-23)27-21-25(14-17-28(27)38-22)31-29(34)24-12-15-26(16-13-24)39(36,37)32-18-6-3-7-19-32/h2,4-5,9-10,12-17,21-22H,3,6-8,11,18-20H2,1H3,(H,31,34). The maximum atomic E-state index is 13.0. The maximum Gasteiger partial charge on any atom is 0.267 e. The lowest BCUT2D eigenvalue weighted by atomic mass is 10.1. The Morgan fingerprint density at radius 1 is 0.974 bits per heavy atom. The van der Waals surface area contributed by atoms with Crippen molar-refractivity contribution < 1.29 is 22.7 Å². The van der Waals surface area contributed by atoms with Crippen LogP contribution in [0.5, 0.6) is 5.75 Å². The van der Waals surface area contributed by atoms with Crippen LogP contribution in [0.25, 0.3) is 0 Å². The third kappa shape index (κ3) is 5.99. The van der Waals surface area contributed by atoms with E-state index in [9.17, 15) is 18.0 Å². The number of nitrogens with zero attached hydrogens (tertiary/aromatic N) is 2. The summed E-state index contributed by atoms with van der Waals surface area (Å²) in [6.45, 7) is 3.31. The topological polar surface area (TPSA) is 96.0 Å². The van der Waals surface area contributed by atoms with E-state index in [0.717, 1.165) is 32.1 Å². The molecule has 1 unspecified atom stereocenters. The summed E-state index contributed by atoms with van der Waals surface area (Å²) >= 11 is 0. The number of aryl methyl sites for hydroxylation is 1. The summed E-state index contributed by atoms with van der Waals surface area (Å²) in [6, 6.07) is 21.4. The third-order valence-corrected chi connectivity index (χ3v) is 9.10. The first-order valence-electron chi connectivity index (χ1n) is 13.4. The van der Waals surface area contributed by atoms with Crippen LogP contribution in [-0.4, -0.2) is 50.3 Å². The van der Waals surface area contributed by atoms with E-state index in [1.54, 1.807) is 30.0 Å². The highest BCUT2D eigenvalue weighted by Gasteiger charge is 2.31. The highest BCUT2D eigenvalue weighted by molar-refractivity contribution is 7.89. The molecule has 5 rings (SSSR count). The molecule has 0 aromatic heterocycles. The van der Waals surface area contributed by atoms with Crippen molar-refractivity contribution >= 4 is 33.2 Å². The number of amides is 2. The van der Waals surface area contributed by atoms with Gasteiger partial charge in [-0.1, -0.05) is 36.8 Å². The first-order valence-corrected chi connectivity index (χ1v) is 14.8. The highest BCUT2D eigenvalue weighted by Crippen LogP contribution is 2.36. The average Bonchev–Trinajstić information content (AvgIpc) is 2.96. The Bertz CT molecular complexity index is 1440. The van der Waals surface area contributed by atoms with Crippen molar-refractivity contribution in [2.24, 2.45) is 0 Å². The highest BCUT2D eigenvalue weighted by atomic mass is 32.2. The van der Waals surface area contributed by atoms with Crippen molar-refractivity contribution in [2.75, 3.05) is 29.9 Å². The van der Waals surface area contributed by atoms with Crippen molar-refractivity contribution in [2.45, 2.75) is 50.0 Å². The second-order valence-corrected chi connectivity index (χ2v) is 11.9. The molecule has 204 valence electrons. The van der Waals surface area contributed by atoms with Crippen LogP contribution in [-0.2, 0) is 21.2 Å². The SMILES string of the molecule is CC1Oc2ccc(NC(=O)c3ccc(S(=O)(=O)N4CCCCC4)cc3)cc2N(CCCc2ccccc2)C1=O. The van der Waals surface area contributed by atoms with E-state index in [0.29, 0.717) is 42.3 Å². The molecule has 0 aliphatic carbocycles. The van der Waals surface area contributed by atoms with Crippen LogP contribution in [0.15, 0.2) is 77.7 Å². The van der Waals surface area contributed by atoms with E-state index in [1.807, 2.05) is 18.2 Å². The number of fused-ring (bicyclic) bond motifs is 1. The maximum absolute atomic E-state index is 13.0. The Balaban J connectivity index is 1.28. The lowest BCUT2D eigenvalue weighted by molar-refractivity contribution is -0.125. The van der Waals surface area contributed by atoms with Gasteiger partial charge in [-0.2, -0.15) is 4.31 Å². The number of carbonyl (C=O) groups is 2. The minimum absolute atomic E-state index is 0.121. The lowest BCUT2D eigenvalue weighted by Crippen LogP contribution is -2.45. The molecule has 2 amide bonds. The van der Waals surface area contributed by atoms with Gasteiger partial charge in [-0.3, -0.25) is 9.59 Å². The number of hydrogen-bond acceptors (Lipinski definition) is 5. The molecule has 2 aliphatic rings. The van der Waals surface area contributed by atoms with Crippen LogP contribution >= 0.6 is 0 Å². The summed E-state index contributed by atoms with van der Waals surface area (Å²) in [7, 11) is -3.56. The van der Waals surface area contributed by atoms with Gasteiger partial charge < -0.3 is 15.0 Å². The second-order valence-electron chi connectivity index (χ2n) is 9.96. The number of nitrogens with one attached hydrogen (secondary N) is 1. The molecule has 0 bridgehead atoms. The Labute approximate surface area is 229 Å². The van der Waals surface area contributed by atoms with E-state index < -0.39 is 16.1 Å². The van der Waals surface area contributed by atoms with Crippen molar-refractivity contribution in [1.29, 1.82) is 0 Å². The van der Waals surface area contributed by atoms with Crippen LogP contribution in [0, 0.1) is 0 Å². The van der Waals surface area contributed by atoms with Gasteiger partial charge in [0.2, 0.25) is 10.0 Å². The first-order chi connectivity index (χ1) is 18.8. The molecule has 2 heterocycles. The van der Waals surface area contributed by atoms with E-state index in [2.05, 4.69) is 17.4 Å². The molecule has 1 atom stereocenters. The molecular formula is C30H33N3O5S. The molecule has 0 saturated carbocycles. The lowest BCUT2D eigenvalue weighted by Gasteiger charge is -2.33. The Morgan fingerprint density at radius 3 is 2.41 bits per heavy atom. The molecule has 3 aromatic rings. The fourth-order valence-electron chi connectivity index (χ4n) is 5.04. The van der Waals surface area contributed by atoms with Crippen LogP contribution in [0.2, 0.25) is 0 Å². The summed E-state index contributed by atoms with van der Waals surface area (Å²) in [6.07, 6.45) is 3.80. The molecule has 1 fully saturated rings. The van der Waals surface area contributed by atoms with Crippen molar-refractivity contribution in [3.05, 3.63) is 83.9 Å². The molecule has 0 spiro atoms. The van der Waals surface area contributed by atoms with Gasteiger partial charge in [0.15, 0.2) is 6.10 Å². The number of anilines is 2. The van der Waals surface area contributed by atoms with Gasteiger partial charge in [-0.05, 0) is 80.6 Å². The van der Waals surface area contributed by atoms with Crippen molar-refractivity contribution in [1.82, 2.24) is 4.31 Å². The van der Waals surface area contributed by atoms with E-state index in [1.165, 1.54) is 34.1 Å². The number of sulfonamides is 1. The number of benzene rings is 3. The van der Waals surface area contributed by atoms with E-state index >= 15 is 0 Å². The normalized spacial score (nSPS) is 17.8. The first kappa shape index (κ1) is 26.9. The van der Waals surface area contributed by atoms with Crippen LogP contribution in [0.1, 0.15) is 48.5 Å². The Hall–Kier alpha value is -3.69. The van der Waals surface area contributed by atoms with Gasteiger partial charge in [0, 0.05) is 30.9 Å². The third-order valence-electron chi connectivity index (χ3n) is 7.18. The van der Waals surface area contributed by atoms with Crippen molar-refractivity contribution in [3.63, 3.8) is 0 Å². The van der Waals surface area contributed by atoms with E-state index in [-0.39, 0.29) is 16.7 Å². The van der Waals surface area contributed by atoms with Crippen LogP contribution in [0.3, 0.4) is 0 Å². The molecule has 9 heteroatoms. The van der Waals surface area contributed by atoms with Gasteiger partial charge in [-0.25, -0.2) is 8.42 Å². The molecule has 3 aromatic carbocycles. The number of ether oxygens (including phenoxy) is 1. The monoisotopic (exact) mass is 547 g/mol. The summed E-state index contributed by atoms with van der Waals surface area (Å²) in [5, 5.41) is 2.87. The van der Waals surface area contributed by atoms with Crippen LogP contribution in [0.4, 0.5) is 11.4 Å². The number of hydrogen-bond donors (Lipinski definition) is 1. The zero-order chi connectivity index (χ0) is 27.4. The largest absolute Gasteiger partial charge is 0.479 e. The predicted molar refractivity (Wildman–Crippen MR) is 151 cm³/mol. The van der Waals surface area contributed by atoms with Crippen LogP contribution < -0.4 is 15.0 Å². The minimum atomic E-state index is -3.56. The summed E-state index contributed by atoms with van der Waals surface area (Å²) in [5.41, 5.74) is 2.68. The van der Waals surface area contributed by atoms with Gasteiger partial charge in [0.25, 0.3) is 11.8 Å². The molecule has 39 heavy (non-hydrogen) atoms. The van der Waals surface area contributed by atoms with Gasteiger partial charge in [0.1, 0.15) is 5.75 Å². The number of carbonyl (C=O) groups excluding carboxylic acids is 2. The number of piperidine rings is 1. The van der Waals surface area contributed by atoms with E-state index in [4.69, 9.17) is 4.74 Å². The van der Waals surface area contributed by atoms with Gasteiger partial charge in [0.05, 0.1) is 10.6 Å². The second kappa shape index (κ2) is 11.6. The quantitative estimate of drug-likeness (QED) is 0.435. The Morgan fingerprint density at radius 2 is 1.69 bits per heavy atom. The average molecular weight is 548 g/mol. The molecule has 1 saturated heterocycles. The zero-order valence-corrected chi connectivity index (χ0v) is 22.8. The molecule has 0 radical (unpaired) electrons. The van der Waals surface area contributed by atoms with Gasteiger partial charge >= 0.3 is 0 Å². The number of rotatable bonds is 8. The fraction of sp³-hybridized carbons (Fsp3) is 0.333. The fourth-order valence-corrected chi connectivity index (χ4v) is 6.55. The summed E-state index contributed by atoms with van der Waals surface area (Å²) < 4.78 is 33.1. The molecular weight excluding hydrogens is 514 g/mol. The smallest absolute Gasteiger partial charge is 0.267 e. The molecule has 1 N–H and O–H groups in total. The predicted octanol–water partition coefficient (Wildman–Crippen LogP) is 4.86. The minimum Gasteiger partial charge on any atom is -0.479 e. The Kier molecular flexibility index (Phi) is 7.99. The van der Waals surface area contributed by atoms with Gasteiger partial charge in [-0.15, -0.1) is 0 Å². The molecule has 2 aliphatic heterocycles.